The van der Waals surface area contributed by atoms with E-state index < -0.39 is 11.8 Å². The second-order valence-corrected chi connectivity index (χ2v) is 5.73. The molecule has 0 unspecified atom stereocenters. The van der Waals surface area contributed by atoms with Crippen LogP contribution in [0.15, 0.2) is 60.3 Å². The first kappa shape index (κ1) is 16.2. The Morgan fingerprint density at radius 2 is 1.79 bits per heavy atom. The highest BCUT2D eigenvalue weighted by Gasteiger charge is 2.30. The van der Waals surface area contributed by atoms with E-state index in [1.54, 1.807) is 0 Å². The van der Waals surface area contributed by atoms with Gasteiger partial charge in [-0.2, -0.15) is 0 Å². The summed E-state index contributed by atoms with van der Waals surface area (Å²) in [6.45, 7) is -0.269. The zero-order valence-corrected chi connectivity index (χ0v) is 13.5. The lowest BCUT2D eigenvalue weighted by molar-refractivity contribution is -0.137. The van der Waals surface area contributed by atoms with Crippen molar-refractivity contribution in [3.05, 3.63) is 65.3 Å². The van der Waals surface area contributed by atoms with Gasteiger partial charge in [0.1, 0.15) is 5.70 Å². The summed E-state index contributed by atoms with van der Waals surface area (Å²) in [6, 6.07) is 14.9. The number of nitrogens with one attached hydrogen (secondary N) is 1. The molecule has 1 aliphatic heterocycles. The van der Waals surface area contributed by atoms with E-state index in [0.717, 1.165) is 16.0 Å². The van der Waals surface area contributed by atoms with Crippen LogP contribution in [0.2, 0.25) is 5.02 Å². The lowest BCUT2D eigenvalue weighted by atomic mass is 10.1. The predicted molar refractivity (Wildman–Crippen MR) is 92.4 cm³/mol. The van der Waals surface area contributed by atoms with Gasteiger partial charge in [0, 0.05) is 16.8 Å². The van der Waals surface area contributed by atoms with Crippen molar-refractivity contribution in [3.8, 4) is 11.1 Å². The normalized spacial score (nSPS) is 14.1. The van der Waals surface area contributed by atoms with E-state index in [2.05, 4.69) is 5.32 Å². The smallest absolute Gasteiger partial charge is 0.277 e. The monoisotopic (exact) mass is 342 g/mol. The Balaban J connectivity index is 1.81. The molecular weight excluding hydrogens is 328 g/mol. The highest BCUT2D eigenvalue weighted by Crippen LogP contribution is 2.25. The summed E-state index contributed by atoms with van der Waals surface area (Å²) in [5.74, 6) is -0.864. The van der Waals surface area contributed by atoms with Gasteiger partial charge in [-0.05, 0) is 35.4 Å². The number of halogens is 1. The van der Waals surface area contributed by atoms with Crippen LogP contribution in [0.5, 0.6) is 0 Å². The number of hydrogen-bond acceptors (Lipinski definition) is 4. The number of benzene rings is 2. The number of amides is 2. The van der Waals surface area contributed by atoms with Gasteiger partial charge < -0.3 is 10.4 Å². The largest absolute Gasteiger partial charge is 0.395 e. The third kappa shape index (κ3) is 3.32. The zero-order chi connectivity index (χ0) is 17.1. The fourth-order valence-corrected chi connectivity index (χ4v) is 2.61. The minimum absolute atomic E-state index is 0.00976. The second kappa shape index (κ2) is 6.86. The van der Waals surface area contributed by atoms with Crippen LogP contribution < -0.4 is 5.32 Å². The SMILES string of the molecule is O=C1C=C(Nc2cccc(-c3ccc(Cl)cc3)c2)C(=O)N1CCO. The first-order valence-corrected chi connectivity index (χ1v) is 7.77. The molecule has 0 spiro atoms. The number of aliphatic hydroxyl groups is 1. The molecule has 0 aliphatic carbocycles. The molecule has 0 saturated carbocycles. The van der Waals surface area contributed by atoms with E-state index in [9.17, 15) is 9.59 Å². The first-order chi connectivity index (χ1) is 11.6. The van der Waals surface area contributed by atoms with E-state index in [4.69, 9.17) is 16.7 Å². The average Bonchev–Trinajstić information content (AvgIpc) is 2.84. The molecule has 6 heteroatoms. The van der Waals surface area contributed by atoms with Crippen molar-refractivity contribution < 1.29 is 14.7 Å². The molecule has 2 amide bonds. The van der Waals surface area contributed by atoms with Crippen LogP contribution in [0.1, 0.15) is 0 Å². The lowest BCUT2D eigenvalue weighted by Crippen LogP contribution is -2.34. The molecule has 0 bridgehead atoms. The maximum Gasteiger partial charge on any atom is 0.277 e. The second-order valence-electron chi connectivity index (χ2n) is 5.29. The Bertz CT molecular complexity index is 815. The Kier molecular flexibility index (Phi) is 4.64. The molecule has 3 rings (SSSR count). The number of rotatable bonds is 5. The number of hydrogen-bond donors (Lipinski definition) is 2. The van der Waals surface area contributed by atoms with E-state index in [0.29, 0.717) is 10.7 Å². The fraction of sp³-hybridized carbons (Fsp3) is 0.111. The number of anilines is 1. The molecule has 2 aromatic rings. The Labute approximate surface area is 144 Å². The van der Waals surface area contributed by atoms with Crippen LogP contribution in [0.25, 0.3) is 11.1 Å². The van der Waals surface area contributed by atoms with E-state index in [-0.39, 0.29) is 18.8 Å². The molecule has 2 aromatic carbocycles. The zero-order valence-electron chi connectivity index (χ0n) is 12.7. The third-order valence-electron chi connectivity index (χ3n) is 3.65. The Morgan fingerprint density at radius 1 is 1.04 bits per heavy atom. The van der Waals surface area contributed by atoms with Gasteiger partial charge in [0.15, 0.2) is 0 Å². The minimum Gasteiger partial charge on any atom is -0.395 e. The van der Waals surface area contributed by atoms with Gasteiger partial charge in [0.2, 0.25) is 0 Å². The molecule has 1 heterocycles. The van der Waals surface area contributed by atoms with Crippen LogP contribution in [0, 0.1) is 0 Å². The Hall–Kier alpha value is -2.63. The summed E-state index contributed by atoms with van der Waals surface area (Å²) in [4.78, 5) is 24.9. The molecule has 0 saturated heterocycles. The van der Waals surface area contributed by atoms with Crippen molar-refractivity contribution in [1.29, 1.82) is 0 Å². The van der Waals surface area contributed by atoms with Gasteiger partial charge in [-0.1, -0.05) is 35.9 Å². The maximum atomic E-state index is 12.2. The number of carbonyl (C=O) groups is 2. The van der Waals surface area contributed by atoms with Gasteiger partial charge in [-0.25, -0.2) is 0 Å². The summed E-state index contributed by atoms with van der Waals surface area (Å²) in [5, 5.41) is 12.6. The Morgan fingerprint density at radius 3 is 2.50 bits per heavy atom. The van der Waals surface area contributed by atoms with Crippen molar-refractivity contribution in [1.82, 2.24) is 4.90 Å². The summed E-state index contributed by atoms with van der Waals surface area (Å²) < 4.78 is 0. The van der Waals surface area contributed by atoms with Gasteiger partial charge in [0.05, 0.1) is 13.2 Å². The summed E-state index contributed by atoms with van der Waals surface area (Å²) in [7, 11) is 0. The molecule has 0 radical (unpaired) electrons. The number of carbonyl (C=O) groups excluding carboxylic acids is 2. The molecule has 0 atom stereocenters. The summed E-state index contributed by atoms with van der Waals surface area (Å²) >= 11 is 5.90. The third-order valence-corrected chi connectivity index (χ3v) is 3.90. The summed E-state index contributed by atoms with van der Waals surface area (Å²) in [6.07, 6.45) is 1.24. The molecule has 5 nitrogen and oxygen atoms in total. The lowest BCUT2D eigenvalue weighted by Gasteiger charge is -2.13. The number of imide groups is 1. The molecule has 2 N–H and O–H groups in total. The van der Waals surface area contributed by atoms with Crippen LogP contribution in [-0.4, -0.2) is 35.0 Å². The molecular formula is C18H15ClN2O3. The van der Waals surface area contributed by atoms with Crippen LogP contribution in [0.3, 0.4) is 0 Å². The number of nitrogens with zero attached hydrogens (tertiary/aromatic N) is 1. The van der Waals surface area contributed by atoms with Gasteiger partial charge in [-0.3, -0.25) is 14.5 Å². The minimum atomic E-state index is -0.439. The van der Waals surface area contributed by atoms with Crippen molar-refractivity contribution in [2.45, 2.75) is 0 Å². The van der Waals surface area contributed by atoms with E-state index in [1.807, 2.05) is 48.5 Å². The predicted octanol–water partition coefficient (Wildman–Crippen LogP) is 2.66. The van der Waals surface area contributed by atoms with Crippen LogP contribution in [0.4, 0.5) is 5.69 Å². The maximum absolute atomic E-state index is 12.2. The topological polar surface area (TPSA) is 69.6 Å². The molecule has 24 heavy (non-hydrogen) atoms. The van der Waals surface area contributed by atoms with Crippen molar-refractivity contribution in [2.24, 2.45) is 0 Å². The van der Waals surface area contributed by atoms with E-state index in [1.165, 1.54) is 6.08 Å². The number of aliphatic hydroxyl groups excluding tert-OH is 1. The van der Waals surface area contributed by atoms with E-state index >= 15 is 0 Å². The standard InChI is InChI=1S/C18H15ClN2O3/c19-14-6-4-12(5-7-14)13-2-1-3-15(10-13)20-16-11-17(23)21(8-9-22)18(16)24/h1-7,10-11,20,22H,8-9H2. The van der Waals surface area contributed by atoms with Crippen LogP contribution in [-0.2, 0) is 9.59 Å². The highest BCUT2D eigenvalue weighted by molar-refractivity contribution is 6.30. The van der Waals surface area contributed by atoms with Gasteiger partial charge in [0.25, 0.3) is 11.8 Å². The molecule has 1 aliphatic rings. The van der Waals surface area contributed by atoms with Crippen molar-refractivity contribution in [2.75, 3.05) is 18.5 Å². The van der Waals surface area contributed by atoms with Gasteiger partial charge >= 0.3 is 0 Å². The quantitative estimate of drug-likeness (QED) is 0.820. The molecule has 122 valence electrons. The van der Waals surface area contributed by atoms with Crippen LogP contribution >= 0.6 is 11.6 Å². The summed E-state index contributed by atoms with van der Waals surface area (Å²) in [5.41, 5.74) is 2.84. The average molecular weight is 343 g/mol. The first-order valence-electron chi connectivity index (χ1n) is 7.40. The van der Waals surface area contributed by atoms with Gasteiger partial charge in [-0.15, -0.1) is 0 Å². The fourth-order valence-electron chi connectivity index (χ4n) is 2.48. The van der Waals surface area contributed by atoms with Crippen molar-refractivity contribution >= 4 is 29.1 Å². The van der Waals surface area contributed by atoms with Crippen molar-refractivity contribution in [3.63, 3.8) is 0 Å². The molecule has 0 fully saturated rings. The highest BCUT2D eigenvalue weighted by atomic mass is 35.5. The number of β-amino-alcohol motifs (C(OH)–C–C–N with tert-alkyl or cyclic N) is 1. The molecule has 0 aromatic heterocycles.